The number of H-pyrrole nitrogens is 1. The van der Waals surface area contributed by atoms with Crippen molar-refractivity contribution in [3.63, 3.8) is 0 Å². The highest BCUT2D eigenvalue weighted by Gasteiger charge is 2.29. The zero-order valence-corrected chi connectivity index (χ0v) is 12.9. The van der Waals surface area contributed by atoms with Gasteiger partial charge in [-0.1, -0.05) is 36.4 Å². The topological polar surface area (TPSA) is 58.2 Å². The molecule has 1 aliphatic rings. The predicted molar refractivity (Wildman–Crippen MR) is 87.1 cm³/mol. The van der Waals surface area contributed by atoms with Crippen LogP contribution in [-0.2, 0) is 4.74 Å². The molecule has 0 radical (unpaired) electrons. The Labute approximate surface area is 138 Å². The summed E-state index contributed by atoms with van der Waals surface area (Å²) in [6.45, 7) is 1.14. The lowest BCUT2D eigenvalue weighted by Gasteiger charge is -2.33. The Kier molecular flexibility index (Phi) is 3.74. The van der Waals surface area contributed by atoms with E-state index in [-0.39, 0.29) is 11.7 Å². The van der Waals surface area contributed by atoms with Gasteiger partial charge >= 0.3 is 0 Å². The van der Waals surface area contributed by atoms with E-state index >= 15 is 0 Å². The third-order valence-electron chi connectivity index (χ3n) is 4.28. The zero-order valence-electron chi connectivity index (χ0n) is 12.9. The fourth-order valence-electron chi connectivity index (χ4n) is 3.03. The van der Waals surface area contributed by atoms with Gasteiger partial charge in [0.05, 0.1) is 18.7 Å². The molecule has 1 aliphatic heterocycles. The molecule has 1 saturated heterocycles. The van der Waals surface area contributed by atoms with Gasteiger partial charge < -0.3 is 9.64 Å². The van der Waals surface area contributed by atoms with Gasteiger partial charge in [-0.25, -0.2) is 4.39 Å². The zero-order chi connectivity index (χ0) is 16.5. The Morgan fingerprint density at radius 2 is 2.00 bits per heavy atom. The van der Waals surface area contributed by atoms with E-state index < -0.39 is 6.10 Å². The van der Waals surface area contributed by atoms with Crippen LogP contribution in [0.1, 0.15) is 22.2 Å². The van der Waals surface area contributed by atoms with Crippen molar-refractivity contribution in [3.05, 3.63) is 65.6 Å². The van der Waals surface area contributed by atoms with Gasteiger partial charge in [-0.05, 0) is 12.1 Å². The first-order valence-electron chi connectivity index (χ1n) is 7.82. The van der Waals surface area contributed by atoms with Gasteiger partial charge in [0.2, 0.25) is 0 Å². The standard InChI is InChI=1S/C18H16FN3O2/c19-14-7-3-1-5-12(14)16-11-22(9-10-24-16)18(23)17-13-6-2-4-8-15(13)20-21-17/h1-8,16H,9-11H2,(H,20,21). The molecule has 4 rings (SSSR count). The molecule has 1 N–H and O–H groups in total. The molecular formula is C18H16FN3O2. The van der Waals surface area contributed by atoms with Crippen LogP contribution in [0.2, 0.25) is 0 Å². The van der Waals surface area contributed by atoms with E-state index in [0.29, 0.717) is 31.0 Å². The van der Waals surface area contributed by atoms with Crippen molar-refractivity contribution in [2.24, 2.45) is 0 Å². The summed E-state index contributed by atoms with van der Waals surface area (Å²) in [4.78, 5) is 14.5. The summed E-state index contributed by atoms with van der Waals surface area (Å²) in [5, 5.41) is 7.81. The first-order chi connectivity index (χ1) is 11.7. The maximum absolute atomic E-state index is 14.0. The second-order valence-electron chi connectivity index (χ2n) is 5.75. The summed E-state index contributed by atoms with van der Waals surface area (Å²) < 4.78 is 19.7. The Morgan fingerprint density at radius 3 is 2.88 bits per heavy atom. The van der Waals surface area contributed by atoms with Crippen LogP contribution in [0.3, 0.4) is 0 Å². The molecule has 2 heterocycles. The third-order valence-corrected chi connectivity index (χ3v) is 4.28. The average molecular weight is 325 g/mol. The van der Waals surface area contributed by atoms with E-state index in [0.717, 1.165) is 10.9 Å². The molecule has 0 spiro atoms. The molecule has 1 aromatic heterocycles. The molecule has 2 aromatic carbocycles. The van der Waals surface area contributed by atoms with Crippen LogP contribution in [0, 0.1) is 5.82 Å². The maximum atomic E-state index is 14.0. The second kappa shape index (κ2) is 6.05. The van der Waals surface area contributed by atoms with Gasteiger partial charge in [-0.15, -0.1) is 0 Å². The molecule has 3 aromatic rings. The number of ether oxygens (including phenoxy) is 1. The van der Waals surface area contributed by atoms with Gasteiger partial charge in [-0.3, -0.25) is 9.89 Å². The number of hydrogen-bond acceptors (Lipinski definition) is 3. The number of carbonyl (C=O) groups is 1. The highest BCUT2D eigenvalue weighted by molar-refractivity contribution is 6.04. The highest BCUT2D eigenvalue weighted by Crippen LogP contribution is 2.26. The Balaban J connectivity index is 1.60. The third kappa shape index (κ3) is 2.55. The Hall–Kier alpha value is -2.73. The minimum Gasteiger partial charge on any atom is -0.370 e. The number of para-hydroxylation sites is 1. The lowest BCUT2D eigenvalue weighted by Crippen LogP contribution is -2.42. The van der Waals surface area contributed by atoms with E-state index in [2.05, 4.69) is 10.2 Å². The van der Waals surface area contributed by atoms with Crippen LogP contribution in [0.5, 0.6) is 0 Å². The molecule has 6 heteroatoms. The molecule has 24 heavy (non-hydrogen) atoms. The van der Waals surface area contributed by atoms with Crippen LogP contribution in [0.25, 0.3) is 10.9 Å². The molecule has 1 fully saturated rings. The number of amides is 1. The molecule has 1 unspecified atom stereocenters. The summed E-state index contributed by atoms with van der Waals surface area (Å²) in [6, 6.07) is 14.0. The summed E-state index contributed by atoms with van der Waals surface area (Å²) in [5.41, 5.74) is 1.68. The molecule has 5 nitrogen and oxygen atoms in total. The van der Waals surface area contributed by atoms with E-state index in [1.54, 1.807) is 23.1 Å². The molecule has 122 valence electrons. The number of aromatic amines is 1. The predicted octanol–water partition coefficient (Wildman–Crippen LogP) is 2.92. The highest BCUT2D eigenvalue weighted by atomic mass is 19.1. The monoisotopic (exact) mass is 325 g/mol. The van der Waals surface area contributed by atoms with Crippen molar-refractivity contribution in [1.82, 2.24) is 15.1 Å². The minimum absolute atomic E-state index is 0.169. The van der Waals surface area contributed by atoms with Gasteiger partial charge in [-0.2, -0.15) is 5.10 Å². The number of rotatable bonds is 2. The fourth-order valence-corrected chi connectivity index (χ4v) is 3.03. The second-order valence-corrected chi connectivity index (χ2v) is 5.75. The normalized spacial score (nSPS) is 18.0. The van der Waals surface area contributed by atoms with E-state index in [1.165, 1.54) is 6.07 Å². The number of carbonyl (C=O) groups excluding carboxylic acids is 1. The molecular weight excluding hydrogens is 309 g/mol. The van der Waals surface area contributed by atoms with Gasteiger partial charge in [0.1, 0.15) is 11.9 Å². The minimum atomic E-state index is -0.464. The Bertz CT molecular complexity index is 893. The van der Waals surface area contributed by atoms with Crippen LogP contribution in [0.4, 0.5) is 4.39 Å². The van der Waals surface area contributed by atoms with Crippen LogP contribution in [-0.4, -0.2) is 40.7 Å². The van der Waals surface area contributed by atoms with E-state index in [4.69, 9.17) is 4.74 Å². The number of benzene rings is 2. The number of halogens is 1. The number of hydrogen-bond donors (Lipinski definition) is 1. The fraction of sp³-hybridized carbons (Fsp3) is 0.222. The van der Waals surface area contributed by atoms with Crippen molar-refractivity contribution in [3.8, 4) is 0 Å². The molecule has 0 bridgehead atoms. The van der Waals surface area contributed by atoms with Crippen molar-refractivity contribution in [2.45, 2.75) is 6.10 Å². The molecule has 1 atom stereocenters. The SMILES string of the molecule is O=C(c1n[nH]c2ccccc12)N1CCOC(c2ccccc2F)C1. The largest absolute Gasteiger partial charge is 0.370 e. The lowest BCUT2D eigenvalue weighted by molar-refractivity contribution is -0.0244. The number of nitrogens with one attached hydrogen (secondary N) is 1. The van der Waals surface area contributed by atoms with Crippen molar-refractivity contribution in [1.29, 1.82) is 0 Å². The van der Waals surface area contributed by atoms with Crippen molar-refractivity contribution >= 4 is 16.8 Å². The number of nitrogens with zero attached hydrogens (tertiary/aromatic N) is 2. The summed E-state index contributed by atoms with van der Waals surface area (Å²) in [6.07, 6.45) is -0.464. The first kappa shape index (κ1) is 14.8. The quantitative estimate of drug-likeness (QED) is 0.788. The first-order valence-corrected chi connectivity index (χ1v) is 7.82. The van der Waals surface area contributed by atoms with Crippen LogP contribution in [0.15, 0.2) is 48.5 Å². The smallest absolute Gasteiger partial charge is 0.275 e. The van der Waals surface area contributed by atoms with E-state index in [1.807, 2.05) is 24.3 Å². The lowest BCUT2D eigenvalue weighted by atomic mass is 10.1. The summed E-state index contributed by atoms with van der Waals surface area (Å²) in [5.74, 6) is -0.487. The molecule has 0 aliphatic carbocycles. The summed E-state index contributed by atoms with van der Waals surface area (Å²) in [7, 11) is 0. The maximum Gasteiger partial charge on any atom is 0.275 e. The Morgan fingerprint density at radius 1 is 1.21 bits per heavy atom. The number of fused-ring (bicyclic) bond motifs is 1. The molecule has 0 saturated carbocycles. The van der Waals surface area contributed by atoms with Gasteiger partial charge in [0.15, 0.2) is 5.69 Å². The number of aromatic nitrogens is 2. The molecule has 1 amide bonds. The van der Waals surface area contributed by atoms with Gasteiger partial charge in [0.25, 0.3) is 5.91 Å². The van der Waals surface area contributed by atoms with E-state index in [9.17, 15) is 9.18 Å². The van der Waals surface area contributed by atoms with Crippen LogP contribution >= 0.6 is 0 Å². The van der Waals surface area contributed by atoms with Crippen LogP contribution < -0.4 is 0 Å². The summed E-state index contributed by atoms with van der Waals surface area (Å²) >= 11 is 0. The van der Waals surface area contributed by atoms with Crippen molar-refractivity contribution in [2.75, 3.05) is 19.7 Å². The van der Waals surface area contributed by atoms with Crippen molar-refractivity contribution < 1.29 is 13.9 Å². The number of morpholine rings is 1. The average Bonchev–Trinajstić information content (AvgIpc) is 3.06. The van der Waals surface area contributed by atoms with Gasteiger partial charge in [0, 0.05) is 17.5 Å².